The number of carboxylic acids is 1. The molecule has 24 heavy (non-hydrogen) atoms. The number of carbonyl (C=O) groups is 2. The van der Waals surface area contributed by atoms with Crippen molar-refractivity contribution in [2.75, 3.05) is 7.11 Å². The number of esters is 1. The molecule has 0 spiro atoms. The van der Waals surface area contributed by atoms with E-state index >= 15 is 0 Å². The molecular weight excluding hydrogens is 336 g/mol. The molecule has 0 fully saturated rings. The predicted octanol–water partition coefficient (Wildman–Crippen LogP) is 3.42. The number of carbonyl (C=O) groups excluding carboxylic acids is 1. The van der Waals surface area contributed by atoms with Crippen LogP contribution in [0.15, 0.2) is 42.5 Å². The van der Waals surface area contributed by atoms with Gasteiger partial charge >= 0.3 is 11.9 Å². The summed E-state index contributed by atoms with van der Waals surface area (Å²) in [5.74, 6) is -0.957. The number of carboxylic acid groups (broad SMARTS) is 1. The minimum atomic E-state index is -1.25. The van der Waals surface area contributed by atoms with Gasteiger partial charge in [-0.15, -0.1) is 0 Å². The third kappa shape index (κ3) is 4.39. The maximum absolute atomic E-state index is 12.1. The largest absolute Gasteiger partial charge is 0.497 e. The summed E-state index contributed by atoms with van der Waals surface area (Å²) < 4.78 is 15.6. The quantitative estimate of drug-likeness (QED) is 0.635. The lowest BCUT2D eigenvalue weighted by Crippen LogP contribution is -2.29. The second-order valence-corrected chi connectivity index (χ2v) is 5.24. The van der Waals surface area contributed by atoms with Gasteiger partial charge < -0.3 is 19.3 Å². The zero-order valence-corrected chi connectivity index (χ0v) is 13.7. The molecule has 0 aromatic heterocycles. The average molecular weight is 351 g/mol. The maximum atomic E-state index is 12.1. The van der Waals surface area contributed by atoms with Crippen LogP contribution in [-0.2, 0) is 4.79 Å². The molecule has 0 saturated heterocycles. The van der Waals surface area contributed by atoms with Crippen LogP contribution in [0.1, 0.15) is 17.3 Å². The first-order valence-corrected chi connectivity index (χ1v) is 7.33. The molecule has 0 aliphatic heterocycles. The van der Waals surface area contributed by atoms with Crippen LogP contribution < -0.4 is 14.2 Å². The zero-order chi connectivity index (χ0) is 17.7. The SMILES string of the molecule is COc1ccc(OC(C)C(=O)Oc2ccc(Cl)cc2C(=O)O)cc1. The van der Waals surface area contributed by atoms with E-state index in [2.05, 4.69) is 0 Å². The minimum Gasteiger partial charge on any atom is -0.497 e. The van der Waals surface area contributed by atoms with Crippen molar-refractivity contribution in [3.63, 3.8) is 0 Å². The fraction of sp³-hybridized carbons (Fsp3) is 0.176. The van der Waals surface area contributed by atoms with Crippen LogP contribution in [-0.4, -0.2) is 30.3 Å². The van der Waals surface area contributed by atoms with Gasteiger partial charge in [0, 0.05) is 5.02 Å². The van der Waals surface area contributed by atoms with Crippen molar-refractivity contribution in [2.45, 2.75) is 13.0 Å². The van der Waals surface area contributed by atoms with E-state index < -0.39 is 18.0 Å². The van der Waals surface area contributed by atoms with E-state index in [1.165, 1.54) is 25.1 Å². The van der Waals surface area contributed by atoms with Gasteiger partial charge in [0.25, 0.3) is 0 Å². The average Bonchev–Trinajstić information content (AvgIpc) is 2.56. The first-order chi connectivity index (χ1) is 11.4. The van der Waals surface area contributed by atoms with Crippen LogP contribution >= 0.6 is 11.6 Å². The van der Waals surface area contributed by atoms with Crippen molar-refractivity contribution in [1.82, 2.24) is 0 Å². The van der Waals surface area contributed by atoms with E-state index in [0.717, 1.165) is 0 Å². The molecule has 6 nitrogen and oxygen atoms in total. The highest BCUT2D eigenvalue weighted by Gasteiger charge is 2.21. The topological polar surface area (TPSA) is 82.1 Å². The first-order valence-electron chi connectivity index (χ1n) is 6.96. The summed E-state index contributed by atoms with van der Waals surface area (Å²) in [5, 5.41) is 9.36. The Morgan fingerprint density at radius 1 is 1.08 bits per heavy atom. The molecular formula is C17H15ClO6. The standard InChI is InChI=1S/C17H15ClO6/c1-10(23-13-6-4-12(22-2)5-7-13)17(21)24-15-8-3-11(18)9-14(15)16(19)20/h3-10H,1-2H3,(H,19,20). The van der Waals surface area contributed by atoms with Crippen molar-refractivity contribution in [2.24, 2.45) is 0 Å². The van der Waals surface area contributed by atoms with Crippen molar-refractivity contribution in [3.05, 3.63) is 53.1 Å². The van der Waals surface area contributed by atoms with Crippen LogP contribution in [0.3, 0.4) is 0 Å². The van der Waals surface area contributed by atoms with Gasteiger partial charge in [-0.05, 0) is 49.4 Å². The summed E-state index contributed by atoms with van der Waals surface area (Å²) in [5.41, 5.74) is -0.201. The Hall–Kier alpha value is -2.73. The van der Waals surface area contributed by atoms with Gasteiger partial charge in [-0.3, -0.25) is 0 Å². The Morgan fingerprint density at radius 2 is 1.71 bits per heavy atom. The molecule has 2 aromatic carbocycles. The Bertz CT molecular complexity index is 741. The molecule has 1 unspecified atom stereocenters. The molecule has 0 radical (unpaired) electrons. The number of ether oxygens (including phenoxy) is 3. The second kappa shape index (κ2) is 7.70. The molecule has 0 heterocycles. The Kier molecular flexibility index (Phi) is 5.65. The molecule has 2 aromatic rings. The van der Waals surface area contributed by atoms with Crippen LogP contribution in [0.25, 0.3) is 0 Å². The Balaban J connectivity index is 2.07. The first kappa shape index (κ1) is 17.6. The number of benzene rings is 2. The highest BCUT2D eigenvalue weighted by atomic mass is 35.5. The fourth-order valence-electron chi connectivity index (χ4n) is 1.86. The molecule has 0 bridgehead atoms. The Morgan fingerprint density at radius 3 is 2.29 bits per heavy atom. The lowest BCUT2D eigenvalue weighted by molar-refractivity contribution is -0.141. The van der Waals surface area contributed by atoms with Crippen molar-refractivity contribution >= 4 is 23.5 Å². The number of methoxy groups -OCH3 is 1. The predicted molar refractivity (Wildman–Crippen MR) is 87.1 cm³/mol. The van der Waals surface area contributed by atoms with Crippen LogP contribution in [0.2, 0.25) is 5.02 Å². The van der Waals surface area contributed by atoms with Crippen molar-refractivity contribution in [3.8, 4) is 17.2 Å². The normalized spacial score (nSPS) is 11.5. The number of hydrogen-bond acceptors (Lipinski definition) is 5. The van der Waals surface area contributed by atoms with Gasteiger partial charge in [0.15, 0.2) is 6.10 Å². The number of hydrogen-bond donors (Lipinski definition) is 1. The van der Waals surface area contributed by atoms with E-state index in [0.29, 0.717) is 11.5 Å². The second-order valence-electron chi connectivity index (χ2n) is 4.80. The summed E-state index contributed by atoms with van der Waals surface area (Å²) in [6.45, 7) is 1.50. The van der Waals surface area contributed by atoms with Gasteiger partial charge in [-0.2, -0.15) is 0 Å². The lowest BCUT2D eigenvalue weighted by atomic mass is 10.2. The van der Waals surface area contributed by atoms with Crippen LogP contribution in [0.5, 0.6) is 17.2 Å². The number of halogens is 1. The smallest absolute Gasteiger partial charge is 0.352 e. The van der Waals surface area contributed by atoms with E-state index in [9.17, 15) is 9.59 Å². The summed E-state index contributed by atoms with van der Waals surface area (Å²) in [6, 6.07) is 10.6. The number of aromatic carboxylic acids is 1. The van der Waals surface area contributed by atoms with E-state index in [1.54, 1.807) is 31.4 Å². The minimum absolute atomic E-state index is 0.0953. The molecule has 2 rings (SSSR count). The molecule has 1 atom stereocenters. The molecule has 126 valence electrons. The summed E-state index contributed by atoms with van der Waals surface area (Å²) in [6.07, 6.45) is -0.935. The third-order valence-corrected chi connectivity index (χ3v) is 3.32. The molecule has 0 aliphatic rings. The molecule has 0 saturated carbocycles. The van der Waals surface area contributed by atoms with E-state index in [4.69, 9.17) is 30.9 Å². The van der Waals surface area contributed by atoms with Crippen LogP contribution in [0, 0.1) is 0 Å². The van der Waals surface area contributed by atoms with E-state index in [-0.39, 0.29) is 16.3 Å². The van der Waals surface area contributed by atoms with Crippen molar-refractivity contribution in [1.29, 1.82) is 0 Å². The zero-order valence-electron chi connectivity index (χ0n) is 13.0. The van der Waals surface area contributed by atoms with Gasteiger partial charge in [-0.25, -0.2) is 9.59 Å². The lowest BCUT2D eigenvalue weighted by Gasteiger charge is -2.15. The van der Waals surface area contributed by atoms with Gasteiger partial charge in [0.2, 0.25) is 0 Å². The van der Waals surface area contributed by atoms with Gasteiger partial charge in [-0.1, -0.05) is 11.6 Å². The number of rotatable bonds is 6. The highest BCUT2D eigenvalue weighted by molar-refractivity contribution is 6.31. The molecule has 0 aliphatic carbocycles. The van der Waals surface area contributed by atoms with Gasteiger partial charge in [0.05, 0.1) is 7.11 Å². The van der Waals surface area contributed by atoms with Crippen molar-refractivity contribution < 1.29 is 28.9 Å². The van der Waals surface area contributed by atoms with Gasteiger partial charge in [0.1, 0.15) is 22.8 Å². The third-order valence-electron chi connectivity index (χ3n) is 3.09. The Labute approximate surface area is 143 Å². The van der Waals surface area contributed by atoms with E-state index in [1.807, 2.05) is 0 Å². The maximum Gasteiger partial charge on any atom is 0.352 e. The molecule has 7 heteroatoms. The van der Waals surface area contributed by atoms with Crippen LogP contribution in [0.4, 0.5) is 0 Å². The summed E-state index contributed by atoms with van der Waals surface area (Å²) in [7, 11) is 1.54. The highest BCUT2D eigenvalue weighted by Crippen LogP contribution is 2.24. The fourth-order valence-corrected chi connectivity index (χ4v) is 2.03. The monoisotopic (exact) mass is 350 g/mol. The summed E-state index contributed by atoms with van der Waals surface area (Å²) in [4.78, 5) is 23.3. The molecule has 1 N–H and O–H groups in total. The molecule has 0 amide bonds. The summed E-state index contributed by atoms with van der Waals surface area (Å²) >= 11 is 5.75.